The van der Waals surface area contributed by atoms with Crippen LogP contribution in [0.2, 0.25) is 0 Å². The molecule has 1 heterocycles. The molecule has 1 atom stereocenters. The van der Waals surface area contributed by atoms with Crippen molar-refractivity contribution in [3.8, 4) is 0 Å². The summed E-state index contributed by atoms with van der Waals surface area (Å²) in [6.07, 6.45) is 0.449. The van der Waals surface area contributed by atoms with E-state index in [2.05, 4.69) is 41.0 Å². The van der Waals surface area contributed by atoms with Crippen molar-refractivity contribution in [3.63, 3.8) is 0 Å². The van der Waals surface area contributed by atoms with Gasteiger partial charge in [-0.25, -0.2) is 0 Å². The first-order valence-corrected chi connectivity index (χ1v) is 7.00. The molecule has 1 aromatic carbocycles. The van der Waals surface area contributed by atoms with Crippen LogP contribution < -0.4 is 4.90 Å². The molecule has 3 nitrogen and oxygen atoms in total. The van der Waals surface area contributed by atoms with Crippen LogP contribution in [0, 0.1) is 0 Å². The zero-order chi connectivity index (χ0) is 13.0. The Morgan fingerprint density at radius 3 is 2.17 bits per heavy atom. The molecule has 1 aliphatic heterocycles. The maximum absolute atomic E-state index is 9.78. The van der Waals surface area contributed by atoms with E-state index in [1.165, 1.54) is 5.69 Å². The van der Waals surface area contributed by atoms with Gasteiger partial charge in [0.25, 0.3) is 0 Å². The Labute approximate surface area is 110 Å². The summed E-state index contributed by atoms with van der Waals surface area (Å²) in [7, 11) is 0. The Hall–Kier alpha value is -1.06. The van der Waals surface area contributed by atoms with E-state index in [1.807, 2.05) is 6.92 Å². The maximum Gasteiger partial charge on any atom is 0.0787 e. The summed E-state index contributed by atoms with van der Waals surface area (Å²) in [5, 5.41) is 9.78. The number of likely N-dealkylation sites (N-methyl/N-ethyl adjacent to an activating group) is 1. The number of anilines is 1. The number of aliphatic hydroxyl groups excluding tert-OH is 1. The fourth-order valence-electron chi connectivity index (χ4n) is 2.47. The van der Waals surface area contributed by atoms with Gasteiger partial charge in [0.1, 0.15) is 0 Å². The molecule has 1 aromatic rings. The van der Waals surface area contributed by atoms with Gasteiger partial charge in [0.2, 0.25) is 0 Å². The predicted molar refractivity (Wildman–Crippen MR) is 76.0 cm³/mol. The predicted octanol–water partition coefficient (Wildman–Crippen LogP) is 2.27. The zero-order valence-corrected chi connectivity index (χ0v) is 11.5. The summed E-state index contributed by atoms with van der Waals surface area (Å²) in [4.78, 5) is 4.90. The van der Waals surface area contributed by atoms with Gasteiger partial charge in [-0.2, -0.15) is 0 Å². The normalized spacial score (nSPS) is 18.9. The van der Waals surface area contributed by atoms with Gasteiger partial charge >= 0.3 is 0 Å². The lowest BCUT2D eigenvalue weighted by molar-refractivity contribution is 0.173. The molecule has 0 radical (unpaired) electrons. The van der Waals surface area contributed by atoms with Crippen LogP contribution in [-0.2, 0) is 0 Å². The molecule has 1 N–H and O–H groups in total. The van der Waals surface area contributed by atoms with Crippen molar-refractivity contribution in [2.75, 3.05) is 37.6 Å². The zero-order valence-electron chi connectivity index (χ0n) is 11.5. The minimum Gasteiger partial charge on any atom is -0.388 e. The Kier molecular flexibility index (Phi) is 4.61. The van der Waals surface area contributed by atoms with E-state index in [-0.39, 0.29) is 6.10 Å². The standard InChI is InChI=1S/C15H24N2O/c1-3-15(18)13-5-7-14(8-6-13)17-11-9-16(4-2)10-12-17/h5-8,15,18H,3-4,9-12H2,1-2H3/t15-/m0/s1. The van der Waals surface area contributed by atoms with Gasteiger partial charge in [0.15, 0.2) is 0 Å². The molecule has 0 unspecified atom stereocenters. The third kappa shape index (κ3) is 3.03. The number of rotatable bonds is 4. The van der Waals surface area contributed by atoms with Crippen molar-refractivity contribution in [1.29, 1.82) is 0 Å². The smallest absolute Gasteiger partial charge is 0.0787 e. The van der Waals surface area contributed by atoms with E-state index in [0.29, 0.717) is 0 Å². The molecule has 1 aliphatic rings. The van der Waals surface area contributed by atoms with Crippen molar-refractivity contribution in [1.82, 2.24) is 4.90 Å². The van der Waals surface area contributed by atoms with E-state index < -0.39 is 0 Å². The third-order valence-corrected chi connectivity index (χ3v) is 3.85. The van der Waals surface area contributed by atoms with Crippen LogP contribution in [0.4, 0.5) is 5.69 Å². The van der Waals surface area contributed by atoms with E-state index in [0.717, 1.165) is 44.7 Å². The van der Waals surface area contributed by atoms with E-state index in [1.54, 1.807) is 0 Å². The van der Waals surface area contributed by atoms with Gasteiger partial charge in [0.05, 0.1) is 6.10 Å². The summed E-state index contributed by atoms with van der Waals surface area (Å²) >= 11 is 0. The molecule has 3 heteroatoms. The molecule has 100 valence electrons. The van der Waals surface area contributed by atoms with Crippen LogP contribution in [-0.4, -0.2) is 42.7 Å². The monoisotopic (exact) mass is 248 g/mol. The molecule has 0 aromatic heterocycles. The average molecular weight is 248 g/mol. The molecule has 1 fully saturated rings. The summed E-state index contributed by atoms with van der Waals surface area (Å²) in [6, 6.07) is 8.37. The topological polar surface area (TPSA) is 26.7 Å². The molecule has 1 saturated heterocycles. The van der Waals surface area contributed by atoms with E-state index in [9.17, 15) is 5.11 Å². The minimum atomic E-state index is -0.323. The molecule has 0 bridgehead atoms. The number of benzene rings is 1. The van der Waals surface area contributed by atoms with Crippen LogP contribution >= 0.6 is 0 Å². The fourth-order valence-corrected chi connectivity index (χ4v) is 2.47. The second-order valence-electron chi connectivity index (χ2n) is 4.94. The molecular formula is C15H24N2O. The lowest BCUT2D eigenvalue weighted by atomic mass is 10.1. The largest absolute Gasteiger partial charge is 0.388 e. The van der Waals surface area contributed by atoms with Crippen molar-refractivity contribution in [2.24, 2.45) is 0 Å². The molecule has 0 amide bonds. The van der Waals surface area contributed by atoms with Crippen LogP contribution in [0.15, 0.2) is 24.3 Å². The van der Waals surface area contributed by atoms with Crippen molar-refractivity contribution >= 4 is 5.69 Å². The summed E-state index contributed by atoms with van der Waals surface area (Å²) in [5.74, 6) is 0. The Morgan fingerprint density at radius 1 is 1.06 bits per heavy atom. The van der Waals surface area contributed by atoms with Crippen molar-refractivity contribution in [3.05, 3.63) is 29.8 Å². The lowest BCUT2D eigenvalue weighted by Gasteiger charge is -2.35. The summed E-state index contributed by atoms with van der Waals surface area (Å²) in [6.45, 7) is 9.87. The molecule has 0 spiro atoms. The minimum absolute atomic E-state index is 0.323. The van der Waals surface area contributed by atoms with Crippen LogP contribution in [0.25, 0.3) is 0 Å². The highest BCUT2D eigenvalue weighted by molar-refractivity contribution is 5.48. The number of piperazine rings is 1. The molecular weight excluding hydrogens is 224 g/mol. The SMILES string of the molecule is CC[C@H](O)c1ccc(N2CCN(CC)CC2)cc1. The second kappa shape index (κ2) is 6.21. The first-order chi connectivity index (χ1) is 8.74. The number of nitrogens with zero attached hydrogens (tertiary/aromatic N) is 2. The van der Waals surface area contributed by atoms with Crippen LogP contribution in [0.5, 0.6) is 0 Å². The quantitative estimate of drug-likeness (QED) is 0.885. The van der Waals surface area contributed by atoms with Crippen LogP contribution in [0.1, 0.15) is 31.9 Å². The van der Waals surface area contributed by atoms with E-state index in [4.69, 9.17) is 0 Å². The molecule has 0 saturated carbocycles. The highest BCUT2D eigenvalue weighted by Crippen LogP contribution is 2.21. The molecule has 18 heavy (non-hydrogen) atoms. The fraction of sp³-hybridized carbons (Fsp3) is 0.600. The third-order valence-electron chi connectivity index (χ3n) is 3.85. The number of hydrogen-bond acceptors (Lipinski definition) is 3. The van der Waals surface area contributed by atoms with Gasteiger partial charge in [-0.05, 0) is 30.7 Å². The Morgan fingerprint density at radius 2 is 1.67 bits per heavy atom. The maximum atomic E-state index is 9.78. The van der Waals surface area contributed by atoms with Gasteiger partial charge < -0.3 is 14.9 Å². The lowest BCUT2D eigenvalue weighted by Crippen LogP contribution is -2.46. The molecule has 2 rings (SSSR count). The van der Waals surface area contributed by atoms with Crippen molar-refractivity contribution < 1.29 is 5.11 Å². The highest BCUT2D eigenvalue weighted by Gasteiger charge is 2.15. The van der Waals surface area contributed by atoms with E-state index >= 15 is 0 Å². The number of aliphatic hydroxyl groups is 1. The highest BCUT2D eigenvalue weighted by atomic mass is 16.3. The average Bonchev–Trinajstić information content (AvgIpc) is 2.47. The van der Waals surface area contributed by atoms with Crippen LogP contribution in [0.3, 0.4) is 0 Å². The Balaban J connectivity index is 1.98. The van der Waals surface area contributed by atoms with Gasteiger partial charge in [-0.15, -0.1) is 0 Å². The summed E-state index contributed by atoms with van der Waals surface area (Å²) < 4.78 is 0. The number of hydrogen-bond donors (Lipinski definition) is 1. The van der Waals surface area contributed by atoms with Gasteiger partial charge in [-0.3, -0.25) is 0 Å². The summed E-state index contributed by atoms with van der Waals surface area (Å²) in [5.41, 5.74) is 2.30. The van der Waals surface area contributed by atoms with Crippen molar-refractivity contribution in [2.45, 2.75) is 26.4 Å². The van der Waals surface area contributed by atoms with Gasteiger partial charge in [0, 0.05) is 31.9 Å². The molecule has 0 aliphatic carbocycles. The Bertz CT molecular complexity index is 355. The first kappa shape index (κ1) is 13.4. The second-order valence-corrected chi connectivity index (χ2v) is 4.94. The van der Waals surface area contributed by atoms with Gasteiger partial charge in [-0.1, -0.05) is 26.0 Å². The first-order valence-electron chi connectivity index (χ1n) is 7.00.